The number of nitrogens with zero attached hydrogens (tertiary/aromatic N) is 1. The van der Waals surface area contributed by atoms with Crippen LogP contribution < -0.4 is 5.32 Å². The van der Waals surface area contributed by atoms with Gasteiger partial charge in [0.25, 0.3) is 0 Å². The first-order chi connectivity index (χ1) is 10.1. The molecule has 0 heterocycles. The molecule has 0 aliphatic rings. The van der Waals surface area contributed by atoms with Crippen LogP contribution in [0, 0.1) is 17.1 Å². The van der Waals surface area contributed by atoms with Crippen LogP contribution in [-0.4, -0.2) is 5.91 Å². The van der Waals surface area contributed by atoms with Crippen LogP contribution in [0.5, 0.6) is 0 Å². The Morgan fingerprint density at radius 2 is 1.90 bits per heavy atom. The van der Waals surface area contributed by atoms with E-state index in [0.29, 0.717) is 11.1 Å². The van der Waals surface area contributed by atoms with Gasteiger partial charge in [0.2, 0.25) is 5.91 Å². The molecule has 0 fully saturated rings. The molecule has 1 atom stereocenters. The first kappa shape index (κ1) is 14.7. The molecule has 2 aromatic rings. The summed E-state index contributed by atoms with van der Waals surface area (Å²) in [5.41, 5.74) is 1.83. The van der Waals surface area contributed by atoms with E-state index in [1.165, 1.54) is 6.07 Å². The normalized spacial score (nSPS) is 11.5. The summed E-state index contributed by atoms with van der Waals surface area (Å²) in [6.45, 7) is 1.75. The largest absolute Gasteiger partial charge is 0.349 e. The maximum atomic E-state index is 13.6. The summed E-state index contributed by atoms with van der Waals surface area (Å²) in [5.74, 6) is -0.515. The quantitative estimate of drug-likeness (QED) is 0.936. The Morgan fingerprint density at radius 1 is 1.24 bits per heavy atom. The van der Waals surface area contributed by atoms with Crippen LogP contribution in [-0.2, 0) is 11.2 Å². The average Bonchev–Trinajstić information content (AvgIpc) is 2.48. The van der Waals surface area contributed by atoms with Crippen molar-refractivity contribution >= 4 is 5.91 Å². The predicted molar refractivity (Wildman–Crippen MR) is 77.8 cm³/mol. The minimum Gasteiger partial charge on any atom is -0.349 e. The third-order valence-corrected chi connectivity index (χ3v) is 3.20. The van der Waals surface area contributed by atoms with Gasteiger partial charge in [0, 0.05) is 5.56 Å². The van der Waals surface area contributed by atoms with Crippen molar-refractivity contribution in [3.05, 3.63) is 71.0 Å². The summed E-state index contributed by atoms with van der Waals surface area (Å²) in [4.78, 5) is 12.0. The van der Waals surface area contributed by atoms with E-state index in [9.17, 15) is 9.18 Å². The van der Waals surface area contributed by atoms with E-state index in [2.05, 4.69) is 5.32 Å². The van der Waals surface area contributed by atoms with Gasteiger partial charge in [-0.3, -0.25) is 4.79 Å². The Labute approximate surface area is 123 Å². The molecular weight excluding hydrogens is 267 g/mol. The Balaban J connectivity index is 1.98. The molecule has 106 valence electrons. The first-order valence-corrected chi connectivity index (χ1v) is 6.63. The van der Waals surface area contributed by atoms with Gasteiger partial charge in [-0.05, 0) is 30.7 Å². The number of carbonyl (C=O) groups excluding carboxylic acids is 1. The molecule has 0 aliphatic heterocycles. The minimum absolute atomic E-state index is 0.185. The fourth-order valence-electron chi connectivity index (χ4n) is 2.08. The number of amides is 1. The van der Waals surface area contributed by atoms with E-state index in [1.54, 1.807) is 49.4 Å². The predicted octanol–water partition coefficient (Wildman–Crippen LogP) is 3.12. The van der Waals surface area contributed by atoms with Crippen LogP contribution in [0.4, 0.5) is 4.39 Å². The van der Waals surface area contributed by atoms with Gasteiger partial charge in [0.05, 0.1) is 24.1 Å². The van der Waals surface area contributed by atoms with E-state index in [0.717, 1.165) is 5.56 Å². The van der Waals surface area contributed by atoms with Gasteiger partial charge in [-0.15, -0.1) is 0 Å². The lowest BCUT2D eigenvalue weighted by Crippen LogP contribution is -2.28. The molecule has 0 spiro atoms. The summed E-state index contributed by atoms with van der Waals surface area (Å²) < 4.78 is 13.6. The Kier molecular flexibility index (Phi) is 4.68. The molecule has 0 aliphatic carbocycles. The van der Waals surface area contributed by atoms with Gasteiger partial charge in [-0.25, -0.2) is 4.39 Å². The third kappa shape index (κ3) is 3.90. The molecule has 21 heavy (non-hydrogen) atoms. The standard InChI is InChI=1S/C17H15FN2O/c1-12(15-4-2-3-5-16(15)18)20-17(21)10-13-6-8-14(11-19)9-7-13/h2-9,12H,10H2,1H3,(H,20,21). The van der Waals surface area contributed by atoms with Crippen molar-refractivity contribution in [3.63, 3.8) is 0 Å². The van der Waals surface area contributed by atoms with Crippen molar-refractivity contribution in [1.29, 1.82) is 5.26 Å². The lowest BCUT2D eigenvalue weighted by molar-refractivity contribution is -0.121. The molecule has 1 unspecified atom stereocenters. The highest BCUT2D eigenvalue weighted by atomic mass is 19.1. The molecule has 2 aromatic carbocycles. The Bertz CT molecular complexity index is 674. The molecule has 4 heteroatoms. The summed E-state index contributed by atoms with van der Waals surface area (Å²) >= 11 is 0. The van der Waals surface area contributed by atoms with E-state index in [-0.39, 0.29) is 18.1 Å². The lowest BCUT2D eigenvalue weighted by Gasteiger charge is -2.15. The maximum Gasteiger partial charge on any atom is 0.224 e. The zero-order valence-corrected chi connectivity index (χ0v) is 11.6. The summed E-state index contributed by atoms with van der Waals surface area (Å²) in [5, 5.41) is 11.5. The zero-order valence-electron chi connectivity index (χ0n) is 11.6. The fraction of sp³-hybridized carbons (Fsp3) is 0.176. The van der Waals surface area contributed by atoms with Crippen molar-refractivity contribution in [2.24, 2.45) is 0 Å². The van der Waals surface area contributed by atoms with E-state index < -0.39 is 6.04 Å². The third-order valence-electron chi connectivity index (χ3n) is 3.20. The van der Waals surface area contributed by atoms with Gasteiger partial charge < -0.3 is 5.32 Å². The van der Waals surface area contributed by atoms with Gasteiger partial charge in [0.1, 0.15) is 5.82 Å². The number of benzene rings is 2. The van der Waals surface area contributed by atoms with Gasteiger partial charge in [0.15, 0.2) is 0 Å². The first-order valence-electron chi connectivity index (χ1n) is 6.63. The van der Waals surface area contributed by atoms with Crippen LogP contribution in [0.15, 0.2) is 48.5 Å². The molecule has 0 aromatic heterocycles. The average molecular weight is 282 g/mol. The number of rotatable bonds is 4. The van der Waals surface area contributed by atoms with Crippen LogP contribution >= 0.6 is 0 Å². The van der Waals surface area contributed by atoms with Crippen molar-refractivity contribution in [3.8, 4) is 6.07 Å². The Morgan fingerprint density at radius 3 is 2.52 bits per heavy atom. The van der Waals surface area contributed by atoms with Gasteiger partial charge in [-0.1, -0.05) is 30.3 Å². The topological polar surface area (TPSA) is 52.9 Å². The molecule has 0 radical (unpaired) electrons. The molecule has 0 bridgehead atoms. The number of hydrogen-bond donors (Lipinski definition) is 1. The van der Waals surface area contributed by atoms with Crippen molar-refractivity contribution in [2.75, 3.05) is 0 Å². The maximum absolute atomic E-state index is 13.6. The van der Waals surface area contributed by atoms with Crippen molar-refractivity contribution in [1.82, 2.24) is 5.32 Å². The molecular formula is C17H15FN2O. The summed E-state index contributed by atoms with van der Waals surface area (Å²) in [6, 6.07) is 14.8. The second-order valence-corrected chi connectivity index (χ2v) is 4.80. The highest BCUT2D eigenvalue weighted by molar-refractivity contribution is 5.79. The highest BCUT2D eigenvalue weighted by Crippen LogP contribution is 2.16. The smallest absolute Gasteiger partial charge is 0.224 e. The summed E-state index contributed by atoms with van der Waals surface area (Å²) in [7, 11) is 0. The van der Waals surface area contributed by atoms with Crippen LogP contribution in [0.1, 0.15) is 29.7 Å². The van der Waals surface area contributed by atoms with Crippen molar-refractivity contribution < 1.29 is 9.18 Å². The molecule has 0 saturated heterocycles. The molecule has 1 amide bonds. The van der Waals surface area contributed by atoms with Crippen molar-refractivity contribution in [2.45, 2.75) is 19.4 Å². The van der Waals surface area contributed by atoms with E-state index in [4.69, 9.17) is 5.26 Å². The second-order valence-electron chi connectivity index (χ2n) is 4.80. The molecule has 2 rings (SSSR count). The zero-order chi connectivity index (χ0) is 15.2. The number of nitriles is 1. The number of nitrogens with one attached hydrogen (secondary N) is 1. The Hall–Kier alpha value is -2.67. The van der Waals surface area contributed by atoms with Gasteiger partial charge in [-0.2, -0.15) is 5.26 Å². The number of hydrogen-bond acceptors (Lipinski definition) is 2. The monoisotopic (exact) mass is 282 g/mol. The second kappa shape index (κ2) is 6.67. The van der Waals surface area contributed by atoms with Gasteiger partial charge >= 0.3 is 0 Å². The van der Waals surface area contributed by atoms with Crippen LogP contribution in [0.2, 0.25) is 0 Å². The molecule has 3 nitrogen and oxygen atoms in total. The SMILES string of the molecule is CC(NC(=O)Cc1ccc(C#N)cc1)c1ccccc1F. The molecule has 0 saturated carbocycles. The van der Waals surface area contributed by atoms with Crippen LogP contribution in [0.3, 0.4) is 0 Å². The van der Waals surface area contributed by atoms with E-state index in [1.807, 2.05) is 6.07 Å². The summed E-state index contributed by atoms with van der Waals surface area (Å²) in [6.07, 6.45) is 0.199. The minimum atomic E-state index is -0.392. The van der Waals surface area contributed by atoms with E-state index >= 15 is 0 Å². The number of carbonyl (C=O) groups is 1. The highest BCUT2D eigenvalue weighted by Gasteiger charge is 2.13. The number of halogens is 1. The lowest BCUT2D eigenvalue weighted by atomic mass is 10.1. The van der Waals surface area contributed by atoms with Crippen LogP contribution in [0.25, 0.3) is 0 Å². The molecule has 1 N–H and O–H groups in total. The fourth-order valence-corrected chi connectivity index (χ4v) is 2.08.